The molecule has 1 fully saturated rings. The van der Waals surface area contributed by atoms with Crippen molar-refractivity contribution in [1.29, 1.82) is 0 Å². The van der Waals surface area contributed by atoms with Crippen LogP contribution < -0.4 is 10.2 Å². The molecular weight excluding hydrogens is 250 g/mol. The summed E-state index contributed by atoms with van der Waals surface area (Å²) in [7, 11) is 1.47. The number of nitro benzene ring substituents is 1. The number of carbonyl (C=O) groups excluding carboxylic acids is 1. The van der Waals surface area contributed by atoms with Crippen molar-refractivity contribution < 1.29 is 14.8 Å². The van der Waals surface area contributed by atoms with Crippen molar-refractivity contribution in [3.8, 4) is 0 Å². The Labute approximate surface area is 110 Å². The minimum Gasteiger partial charge on any atom is -0.391 e. The average Bonchev–Trinajstić information content (AvgIpc) is 2.83. The van der Waals surface area contributed by atoms with Crippen LogP contribution in [0.3, 0.4) is 0 Å². The Bertz CT molecular complexity index is 518. The van der Waals surface area contributed by atoms with Gasteiger partial charge in [-0.15, -0.1) is 0 Å². The molecule has 19 heavy (non-hydrogen) atoms. The van der Waals surface area contributed by atoms with Crippen molar-refractivity contribution in [2.24, 2.45) is 0 Å². The normalized spacial score (nSPS) is 18.4. The van der Waals surface area contributed by atoms with Crippen LogP contribution in [0.4, 0.5) is 11.4 Å². The molecule has 1 atom stereocenters. The third kappa shape index (κ3) is 2.65. The lowest BCUT2D eigenvalue weighted by atomic mass is 10.1. The summed E-state index contributed by atoms with van der Waals surface area (Å²) >= 11 is 0. The second-order valence-electron chi connectivity index (χ2n) is 4.43. The molecule has 1 aliphatic heterocycles. The van der Waals surface area contributed by atoms with E-state index < -0.39 is 11.0 Å². The monoisotopic (exact) mass is 265 g/mol. The first-order chi connectivity index (χ1) is 9.02. The fourth-order valence-electron chi connectivity index (χ4n) is 2.18. The largest absolute Gasteiger partial charge is 0.391 e. The zero-order chi connectivity index (χ0) is 14.0. The summed E-state index contributed by atoms with van der Waals surface area (Å²) in [4.78, 5) is 23.8. The molecule has 7 heteroatoms. The molecule has 2 rings (SSSR count). The molecule has 0 radical (unpaired) electrons. The molecule has 1 aliphatic rings. The molecule has 1 aromatic carbocycles. The molecule has 0 bridgehead atoms. The molecular formula is C12H15N3O4. The van der Waals surface area contributed by atoms with Gasteiger partial charge in [0.1, 0.15) is 5.69 Å². The van der Waals surface area contributed by atoms with Crippen LogP contribution in [0.5, 0.6) is 0 Å². The Morgan fingerprint density at radius 1 is 1.58 bits per heavy atom. The van der Waals surface area contributed by atoms with E-state index >= 15 is 0 Å². The first-order valence-corrected chi connectivity index (χ1v) is 5.96. The van der Waals surface area contributed by atoms with E-state index in [4.69, 9.17) is 0 Å². The fraction of sp³-hybridized carbons (Fsp3) is 0.417. The number of nitrogens with one attached hydrogen (secondary N) is 1. The third-order valence-electron chi connectivity index (χ3n) is 3.17. The van der Waals surface area contributed by atoms with Gasteiger partial charge in [0.15, 0.2) is 0 Å². The number of nitrogens with zero attached hydrogens (tertiary/aromatic N) is 2. The van der Waals surface area contributed by atoms with E-state index in [1.165, 1.54) is 13.1 Å². The van der Waals surface area contributed by atoms with Gasteiger partial charge in [0, 0.05) is 31.8 Å². The van der Waals surface area contributed by atoms with Crippen LogP contribution in [0.2, 0.25) is 0 Å². The van der Waals surface area contributed by atoms with Crippen LogP contribution in [0.1, 0.15) is 16.8 Å². The number of hydrogen-bond acceptors (Lipinski definition) is 5. The van der Waals surface area contributed by atoms with Gasteiger partial charge in [-0.2, -0.15) is 0 Å². The van der Waals surface area contributed by atoms with E-state index in [1.54, 1.807) is 17.0 Å². The van der Waals surface area contributed by atoms with Crippen LogP contribution >= 0.6 is 0 Å². The molecule has 1 aromatic rings. The summed E-state index contributed by atoms with van der Waals surface area (Å²) in [5, 5.41) is 23.0. The van der Waals surface area contributed by atoms with Gasteiger partial charge in [-0.05, 0) is 18.6 Å². The lowest BCUT2D eigenvalue weighted by Crippen LogP contribution is -2.23. The number of β-amino-alcohol motifs (C(OH)–C–C–N with tert-alkyl or cyclic N) is 1. The Morgan fingerprint density at radius 3 is 2.84 bits per heavy atom. The summed E-state index contributed by atoms with van der Waals surface area (Å²) in [6, 6.07) is 4.37. The predicted molar refractivity (Wildman–Crippen MR) is 69.3 cm³/mol. The second-order valence-corrected chi connectivity index (χ2v) is 4.43. The van der Waals surface area contributed by atoms with Gasteiger partial charge in [-0.25, -0.2) is 0 Å². The highest BCUT2D eigenvalue weighted by molar-refractivity contribution is 5.95. The molecule has 0 aliphatic carbocycles. The number of carbonyl (C=O) groups is 1. The zero-order valence-corrected chi connectivity index (χ0v) is 10.5. The summed E-state index contributed by atoms with van der Waals surface area (Å²) in [6.07, 6.45) is 0.132. The van der Waals surface area contributed by atoms with Crippen LogP contribution in [0.15, 0.2) is 18.2 Å². The van der Waals surface area contributed by atoms with Gasteiger partial charge < -0.3 is 15.3 Å². The maximum absolute atomic E-state index is 11.5. The maximum Gasteiger partial charge on any atom is 0.293 e. The molecule has 0 aromatic heterocycles. The molecule has 0 saturated carbocycles. The molecule has 7 nitrogen and oxygen atoms in total. The number of hydrogen-bond donors (Lipinski definition) is 2. The third-order valence-corrected chi connectivity index (χ3v) is 3.17. The minimum absolute atomic E-state index is 0.116. The minimum atomic E-state index is -0.507. The van der Waals surface area contributed by atoms with Gasteiger partial charge >= 0.3 is 0 Å². The van der Waals surface area contributed by atoms with E-state index in [0.717, 1.165) is 0 Å². The SMILES string of the molecule is CNC(=O)c1ccc(N2CCC(O)C2)c([N+](=O)[O-])c1. The first-order valence-electron chi connectivity index (χ1n) is 5.96. The molecule has 1 heterocycles. The summed E-state index contributed by atoms with van der Waals surface area (Å²) < 4.78 is 0. The van der Waals surface area contributed by atoms with Gasteiger partial charge in [0.2, 0.25) is 0 Å². The average molecular weight is 265 g/mol. The smallest absolute Gasteiger partial charge is 0.293 e. The summed E-state index contributed by atoms with van der Waals surface area (Å²) in [6.45, 7) is 0.946. The van der Waals surface area contributed by atoms with Crippen LogP contribution in [0, 0.1) is 10.1 Å². The van der Waals surface area contributed by atoms with E-state index in [-0.39, 0.29) is 17.2 Å². The number of benzene rings is 1. The highest BCUT2D eigenvalue weighted by Crippen LogP contribution is 2.31. The molecule has 1 saturated heterocycles. The quantitative estimate of drug-likeness (QED) is 0.613. The zero-order valence-electron chi connectivity index (χ0n) is 10.5. The Hall–Kier alpha value is -2.15. The number of nitro groups is 1. The Morgan fingerprint density at radius 2 is 2.32 bits per heavy atom. The number of amides is 1. The van der Waals surface area contributed by atoms with Crippen molar-refractivity contribution in [3.05, 3.63) is 33.9 Å². The maximum atomic E-state index is 11.5. The lowest BCUT2D eigenvalue weighted by molar-refractivity contribution is -0.384. The molecule has 102 valence electrons. The van der Waals surface area contributed by atoms with E-state index in [1.807, 2.05) is 0 Å². The van der Waals surface area contributed by atoms with E-state index in [9.17, 15) is 20.0 Å². The van der Waals surface area contributed by atoms with Crippen LogP contribution in [-0.4, -0.2) is 42.2 Å². The molecule has 1 amide bonds. The van der Waals surface area contributed by atoms with Gasteiger partial charge in [0.05, 0.1) is 11.0 Å². The van der Waals surface area contributed by atoms with Gasteiger partial charge in [-0.1, -0.05) is 0 Å². The van der Waals surface area contributed by atoms with Crippen molar-refractivity contribution in [2.45, 2.75) is 12.5 Å². The highest BCUT2D eigenvalue weighted by atomic mass is 16.6. The number of aliphatic hydroxyl groups is 1. The van der Waals surface area contributed by atoms with Crippen LogP contribution in [-0.2, 0) is 0 Å². The van der Waals surface area contributed by atoms with Crippen molar-refractivity contribution in [1.82, 2.24) is 5.32 Å². The number of anilines is 1. The number of rotatable bonds is 3. The lowest BCUT2D eigenvalue weighted by Gasteiger charge is -2.18. The molecule has 0 spiro atoms. The summed E-state index contributed by atoms with van der Waals surface area (Å²) in [5.41, 5.74) is 0.571. The van der Waals surface area contributed by atoms with Crippen molar-refractivity contribution >= 4 is 17.3 Å². The van der Waals surface area contributed by atoms with E-state index in [2.05, 4.69) is 5.32 Å². The summed E-state index contributed by atoms with van der Waals surface area (Å²) in [5.74, 6) is -0.365. The molecule has 1 unspecified atom stereocenters. The predicted octanol–water partition coefficient (Wildman–Crippen LogP) is 0.525. The van der Waals surface area contributed by atoms with E-state index in [0.29, 0.717) is 25.2 Å². The molecule has 2 N–H and O–H groups in total. The van der Waals surface area contributed by atoms with Crippen molar-refractivity contribution in [3.63, 3.8) is 0 Å². The first kappa shape index (κ1) is 13.3. The van der Waals surface area contributed by atoms with Gasteiger partial charge in [0.25, 0.3) is 11.6 Å². The van der Waals surface area contributed by atoms with Gasteiger partial charge in [-0.3, -0.25) is 14.9 Å². The second kappa shape index (κ2) is 5.23. The van der Waals surface area contributed by atoms with Crippen LogP contribution in [0.25, 0.3) is 0 Å². The highest BCUT2D eigenvalue weighted by Gasteiger charge is 2.27. The topological polar surface area (TPSA) is 95.7 Å². The Balaban J connectivity index is 2.38. The fourth-order valence-corrected chi connectivity index (χ4v) is 2.18. The Kier molecular flexibility index (Phi) is 3.66. The number of aliphatic hydroxyl groups excluding tert-OH is 1. The van der Waals surface area contributed by atoms with Crippen molar-refractivity contribution in [2.75, 3.05) is 25.0 Å². The standard InChI is InChI=1S/C12H15N3O4/c1-13-12(17)8-2-3-10(11(6-8)15(18)19)14-5-4-9(16)7-14/h2-3,6,9,16H,4-5,7H2,1H3,(H,13,17).